The van der Waals surface area contributed by atoms with E-state index in [4.69, 9.17) is 0 Å². The van der Waals surface area contributed by atoms with Crippen LogP contribution in [0, 0.1) is 30.6 Å². The van der Waals surface area contributed by atoms with Crippen LogP contribution in [-0.2, 0) is 21.4 Å². The molecule has 1 aliphatic heterocycles. The molecule has 0 radical (unpaired) electrons. The number of sulfonamides is 1. The van der Waals surface area contributed by atoms with Gasteiger partial charge in [0.15, 0.2) is 0 Å². The molecule has 5 atom stereocenters. The molecule has 1 N–H and O–H groups in total. The van der Waals surface area contributed by atoms with E-state index in [9.17, 15) is 18.0 Å². The number of aromatic nitrogens is 2. The van der Waals surface area contributed by atoms with Gasteiger partial charge in [0.05, 0.1) is 11.7 Å². The predicted molar refractivity (Wildman–Crippen MR) is 134 cm³/mol. The van der Waals surface area contributed by atoms with Crippen molar-refractivity contribution in [3.05, 3.63) is 21.6 Å². The summed E-state index contributed by atoms with van der Waals surface area (Å²) in [6.07, 6.45) is 5.51. The number of hydrogen-bond donors (Lipinski definition) is 1. The van der Waals surface area contributed by atoms with Crippen LogP contribution >= 0.6 is 11.3 Å². The molecule has 8 nitrogen and oxygen atoms in total. The highest BCUT2D eigenvalue weighted by Gasteiger charge is 2.36. The van der Waals surface area contributed by atoms with Crippen LogP contribution in [0.2, 0.25) is 0 Å². The average molecular weight is 509 g/mol. The molecular formula is C24H36N4O4S2. The van der Waals surface area contributed by atoms with Crippen molar-refractivity contribution in [2.75, 3.05) is 13.1 Å². The van der Waals surface area contributed by atoms with Crippen LogP contribution in [-0.4, -0.2) is 47.3 Å². The van der Waals surface area contributed by atoms with Crippen LogP contribution in [0.3, 0.4) is 0 Å². The molecule has 10 heteroatoms. The van der Waals surface area contributed by atoms with E-state index in [1.807, 2.05) is 0 Å². The normalized spacial score (nSPS) is 28.8. The SMILES string of the molecule is Cc1sc2ncn(CC(=O)NC3CCCC(C)C3C)c(=O)c2c1S(=O)(=O)N1CC(C)CC(C)C1. The van der Waals surface area contributed by atoms with Gasteiger partial charge >= 0.3 is 0 Å². The number of nitrogens with zero attached hydrogens (tertiary/aromatic N) is 3. The maximum atomic E-state index is 13.7. The summed E-state index contributed by atoms with van der Waals surface area (Å²) in [6.45, 7) is 10.9. The minimum absolute atomic E-state index is 0.0517. The molecule has 1 aliphatic carbocycles. The zero-order valence-electron chi connectivity index (χ0n) is 20.7. The van der Waals surface area contributed by atoms with E-state index < -0.39 is 15.6 Å². The van der Waals surface area contributed by atoms with Crippen molar-refractivity contribution in [2.45, 2.75) is 77.8 Å². The number of hydrogen-bond acceptors (Lipinski definition) is 6. The number of carbonyl (C=O) groups excluding carboxylic acids is 1. The van der Waals surface area contributed by atoms with Gasteiger partial charge in [0.1, 0.15) is 16.3 Å². The Labute approximate surface area is 205 Å². The second-order valence-electron chi connectivity index (χ2n) is 10.6. The van der Waals surface area contributed by atoms with Gasteiger partial charge < -0.3 is 5.32 Å². The van der Waals surface area contributed by atoms with Gasteiger partial charge in [-0.3, -0.25) is 14.2 Å². The van der Waals surface area contributed by atoms with Crippen molar-refractivity contribution in [1.29, 1.82) is 0 Å². The Bertz CT molecular complexity index is 1230. The highest BCUT2D eigenvalue weighted by molar-refractivity contribution is 7.89. The number of fused-ring (bicyclic) bond motifs is 1. The fourth-order valence-corrected chi connectivity index (χ4v) is 9.01. The Morgan fingerprint density at radius 3 is 2.53 bits per heavy atom. The Balaban J connectivity index is 1.64. The molecule has 1 saturated carbocycles. The van der Waals surface area contributed by atoms with Gasteiger partial charge in [0.25, 0.3) is 5.56 Å². The third-order valence-corrected chi connectivity index (χ3v) is 10.7. The van der Waals surface area contributed by atoms with Crippen LogP contribution in [0.15, 0.2) is 16.0 Å². The maximum absolute atomic E-state index is 13.7. The van der Waals surface area contributed by atoms with Crippen LogP contribution < -0.4 is 10.9 Å². The summed E-state index contributed by atoms with van der Waals surface area (Å²) in [5.41, 5.74) is -0.480. The topological polar surface area (TPSA) is 101 Å². The first-order chi connectivity index (χ1) is 16.0. The van der Waals surface area contributed by atoms with E-state index in [1.54, 1.807) is 6.92 Å². The van der Waals surface area contributed by atoms with Crippen LogP contribution in [0.4, 0.5) is 0 Å². The molecule has 5 unspecified atom stereocenters. The lowest BCUT2D eigenvalue weighted by Crippen LogP contribution is -2.45. The van der Waals surface area contributed by atoms with Gasteiger partial charge in [0, 0.05) is 24.0 Å². The summed E-state index contributed by atoms with van der Waals surface area (Å²) in [5, 5.41) is 3.18. The molecule has 2 aliphatic rings. The second kappa shape index (κ2) is 9.70. The van der Waals surface area contributed by atoms with Gasteiger partial charge in [-0.05, 0) is 43.4 Å². The smallest absolute Gasteiger partial charge is 0.263 e. The monoisotopic (exact) mass is 508 g/mol. The molecular weight excluding hydrogens is 472 g/mol. The first-order valence-electron chi connectivity index (χ1n) is 12.3. The molecule has 0 spiro atoms. The molecule has 2 fully saturated rings. The van der Waals surface area contributed by atoms with Crippen molar-refractivity contribution >= 4 is 37.5 Å². The number of thiophene rings is 1. The average Bonchev–Trinajstić information content (AvgIpc) is 3.10. The third kappa shape index (κ3) is 4.81. The zero-order chi connectivity index (χ0) is 24.8. The maximum Gasteiger partial charge on any atom is 0.263 e. The summed E-state index contributed by atoms with van der Waals surface area (Å²) < 4.78 is 30.1. The van der Waals surface area contributed by atoms with Gasteiger partial charge in [0.2, 0.25) is 15.9 Å². The van der Waals surface area contributed by atoms with Crippen molar-refractivity contribution < 1.29 is 13.2 Å². The van der Waals surface area contributed by atoms with Crippen molar-refractivity contribution in [3.63, 3.8) is 0 Å². The quantitative estimate of drug-likeness (QED) is 0.667. The number of rotatable bonds is 5. The number of nitrogens with one attached hydrogen (secondary N) is 1. The molecule has 0 aromatic carbocycles. The highest BCUT2D eigenvalue weighted by Crippen LogP contribution is 2.35. The minimum atomic E-state index is -3.86. The zero-order valence-corrected chi connectivity index (χ0v) is 22.3. The molecule has 188 valence electrons. The summed E-state index contributed by atoms with van der Waals surface area (Å²) in [5.74, 6) is 1.19. The molecule has 4 rings (SSSR count). The summed E-state index contributed by atoms with van der Waals surface area (Å²) in [6, 6.07) is 0.0889. The van der Waals surface area contributed by atoms with Gasteiger partial charge in [-0.15, -0.1) is 11.3 Å². The van der Waals surface area contributed by atoms with E-state index in [0.29, 0.717) is 34.6 Å². The largest absolute Gasteiger partial charge is 0.352 e. The third-order valence-electron chi connectivity index (χ3n) is 7.60. The van der Waals surface area contributed by atoms with E-state index in [-0.39, 0.29) is 40.6 Å². The van der Waals surface area contributed by atoms with Crippen LogP contribution in [0.5, 0.6) is 0 Å². The molecule has 2 aromatic heterocycles. The predicted octanol–water partition coefficient (Wildman–Crippen LogP) is 3.37. The van der Waals surface area contributed by atoms with Crippen molar-refractivity contribution in [2.24, 2.45) is 23.7 Å². The molecule has 2 aromatic rings. The number of amides is 1. The van der Waals surface area contributed by atoms with Gasteiger partial charge in [-0.25, -0.2) is 13.4 Å². The standard InChI is InChI=1S/C24H36N4O4S2/c1-14-9-15(2)11-28(10-14)34(31,32)22-18(5)33-23-21(22)24(30)27(13-25-23)12-20(29)26-19-8-6-7-16(3)17(19)4/h13-17,19H,6-12H2,1-5H3,(H,26,29). The Morgan fingerprint density at radius 2 is 1.85 bits per heavy atom. The van der Waals surface area contributed by atoms with E-state index in [2.05, 4.69) is 38.0 Å². The first kappa shape index (κ1) is 25.3. The fourth-order valence-electron chi connectivity index (χ4n) is 5.66. The van der Waals surface area contributed by atoms with E-state index >= 15 is 0 Å². The van der Waals surface area contributed by atoms with Gasteiger partial charge in [-0.1, -0.05) is 40.5 Å². The Hall–Kier alpha value is -1.78. The molecule has 34 heavy (non-hydrogen) atoms. The van der Waals surface area contributed by atoms with Crippen molar-refractivity contribution in [3.8, 4) is 0 Å². The van der Waals surface area contributed by atoms with Crippen LogP contribution in [0.25, 0.3) is 10.2 Å². The highest BCUT2D eigenvalue weighted by atomic mass is 32.2. The summed E-state index contributed by atoms with van der Waals surface area (Å²) >= 11 is 1.21. The second-order valence-corrected chi connectivity index (χ2v) is 13.6. The number of aryl methyl sites for hydroxylation is 1. The molecule has 1 saturated heterocycles. The van der Waals surface area contributed by atoms with Crippen molar-refractivity contribution in [1.82, 2.24) is 19.2 Å². The molecule has 0 bridgehead atoms. The lowest BCUT2D eigenvalue weighted by Gasteiger charge is -2.34. The van der Waals surface area contributed by atoms with Gasteiger partial charge in [-0.2, -0.15) is 4.31 Å². The van der Waals surface area contributed by atoms with Crippen LogP contribution in [0.1, 0.15) is 58.3 Å². The fraction of sp³-hybridized carbons (Fsp3) is 0.708. The molecule has 1 amide bonds. The number of piperidine rings is 1. The summed E-state index contributed by atoms with van der Waals surface area (Å²) in [7, 11) is -3.86. The Morgan fingerprint density at radius 1 is 1.18 bits per heavy atom. The summed E-state index contributed by atoms with van der Waals surface area (Å²) in [4.78, 5) is 31.6. The molecule has 3 heterocycles. The lowest BCUT2D eigenvalue weighted by atomic mass is 9.78. The first-order valence-corrected chi connectivity index (χ1v) is 14.5. The minimum Gasteiger partial charge on any atom is -0.352 e. The lowest BCUT2D eigenvalue weighted by molar-refractivity contribution is -0.123. The number of carbonyl (C=O) groups is 1. The Kier molecular flexibility index (Phi) is 7.22. The van der Waals surface area contributed by atoms with E-state index in [1.165, 1.54) is 26.5 Å². The van der Waals surface area contributed by atoms with E-state index in [0.717, 1.165) is 25.7 Å².